The van der Waals surface area contributed by atoms with E-state index in [1.54, 1.807) is 55.6 Å². The fourth-order valence-electron chi connectivity index (χ4n) is 2.75. The van der Waals surface area contributed by atoms with E-state index >= 15 is 0 Å². The van der Waals surface area contributed by atoms with Gasteiger partial charge in [0.15, 0.2) is 6.61 Å². The predicted molar refractivity (Wildman–Crippen MR) is 116 cm³/mol. The lowest BCUT2D eigenvalue weighted by atomic mass is 10.1. The molecule has 0 aliphatic heterocycles. The van der Waals surface area contributed by atoms with Gasteiger partial charge in [0.25, 0.3) is 11.8 Å². The molecule has 31 heavy (non-hydrogen) atoms. The van der Waals surface area contributed by atoms with E-state index in [1.165, 1.54) is 0 Å². The maximum absolute atomic E-state index is 12.5. The summed E-state index contributed by atoms with van der Waals surface area (Å²) in [5.74, 6) is 0.674. The number of amides is 2. The number of para-hydroxylation sites is 1. The fraction of sp³-hybridized carbons (Fsp3) is 0.167. The first-order valence-electron chi connectivity index (χ1n) is 9.77. The molecule has 0 spiro atoms. The first-order valence-corrected chi connectivity index (χ1v) is 9.77. The Labute approximate surface area is 180 Å². The molecule has 0 fully saturated rings. The lowest BCUT2D eigenvalue weighted by Crippen LogP contribution is -2.43. The monoisotopic (exact) mass is 420 g/mol. The Morgan fingerprint density at radius 3 is 2.19 bits per heavy atom. The Bertz CT molecular complexity index is 990. The van der Waals surface area contributed by atoms with Crippen molar-refractivity contribution in [2.24, 2.45) is 0 Å². The van der Waals surface area contributed by atoms with Crippen molar-refractivity contribution < 1.29 is 23.8 Å². The second-order valence-electron chi connectivity index (χ2n) is 6.55. The number of carbonyl (C=O) groups excluding carboxylic acids is 2. The largest absolute Gasteiger partial charge is 0.497 e. The first-order chi connectivity index (χ1) is 15.2. The van der Waals surface area contributed by atoms with E-state index in [0.717, 1.165) is 12.0 Å². The molecule has 0 unspecified atom stereocenters. The zero-order chi connectivity index (χ0) is 21.9. The summed E-state index contributed by atoms with van der Waals surface area (Å²) in [7, 11) is 1.57. The molecule has 0 bridgehead atoms. The van der Waals surface area contributed by atoms with Crippen LogP contribution in [0.2, 0.25) is 0 Å². The fourth-order valence-corrected chi connectivity index (χ4v) is 2.75. The molecule has 7 heteroatoms. The molecule has 7 nitrogen and oxygen atoms in total. The van der Waals surface area contributed by atoms with Crippen molar-refractivity contribution in [3.05, 3.63) is 90.0 Å². The Balaban J connectivity index is 1.46. The summed E-state index contributed by atoms with van der Waals surface area (Å²) >= 11 is 0. The third kappa shape index (κ3) is 6.78. The van der Waals surface area contributed by atoms with Crippen molar-refractivity contribution in [3.63, 3.8) is 0 Å². The average molecular weight is 420 g/mol. The van der Waals surface area contributed by atoms with Gasteiger partial charge >= 0.3 is 0 Å². The zero-order valence-electron chi connectivity index (χ0n) is 17.2. The molecule has 3 aromatic carbocycles. The van der Waals surface area contributed by atoms with E-state index in [4.69, 9.17) is 14.2 Å². The summed E-state index contributed by atoms with van der Waals surface area (Å²) in [4.78, 5) is 24.5. The van der Waals surface area contributed by atoms with Gasteiger partial charge in [-0.2, -0.15) is 0 Å². The molecule has 2 amide bonds. The summed E-state index contributed by atoms with van der Waals surface area (Å²) in [6.45, 7) is 0.179. The predicted octanol–water partition coefficient (Wildman–Crippen LogP) is 3.16. The lowest BCUT2D eigenvalue weighted by molar-refractivity contribution is -0.123. The van der Waals surface area contributed by atoms with Crippen LogP contribution in [0.25, 0.3) is 0 Å². The van der Waals surface area contributed by atoms with Crippen LogP contribution in [-0.2, 0) is 11.2 Å². The Kier molecular flexibility index (Phi) is 7.88. The number of rotatable bonds is 9. The van der Waals surface area contributed by atoms with Crippen LogP contribution in [0.5, 0.6) is 17.2 Å². The van der Waals surface area contributed by atoms with E-state index in [1.807, 2.05) is 30.3 Å². The average Bonchev–Trinajstić information content (AvgIpc) is 2.82. The van der Waals surface area contributed by atoms with Gasteiger partial charge in [0, 0.05) is 6.42 Å². The van der Waals surface area contributed by atoms with Crippen molar-refractivity contribution in [1.82, 2.24) is 10.9 Å². The second kappa shape index (κ2) is 11.3. The molecule has 2 N–H and O–H groups in total. The zero-order valence-corrected chi connectivity index (χ0v) is 17.2. The van der Waals surface area contributed by atoms with Crippen molar-refractivity contribution in [2.75, 3.05) is 20.3 Å². The normalized spacial score (nSPS) is 10.1. The number of methoxy groups -OCH3 is 1. The third-order valence-electron chi connectivity index (χ3n) is 4.37. The number of hydrogen-bond donors (Lipinski definition) is 2. The van der Waals surface area contributed by atoms with Crippen LogP contribution in [0.15, 0.2) is 78.9 Å². The number of nitrogens with one attached hydrogen (secondary N) is 2. The molecule has 0 aliphatic carbocycles. The van der Waals surface area contributed by atoms with Crippen LogP contribution >= 0.6 is 0 Å². The van der Waals surface area contributed by atoms with E-state index in [0.29, 0.717) is 29.4 Å². The highest BCUT2D eigenvalue weighted by Crippen LogP contribution is 2.18. The van der Waals surface area contributed by atoms with Crippen molar-refractivity contribution >= 4 is 11.8 Å². The number of ether oxygens (including phenoxy) is 3. The SMILES string of the molecule is COc1ccc(OCC(=O)NNC(=O)c2ccccc2OCCc2ccccc2)cc1. The van der Waals surface area contributed by atoms with Crippen LogP contribution in [0.3, 0.4) is 0 Å². The lowest BCUT2D eigenvalue weighted by Gasteiger charge is -2.13. The third-order valence-corrected chi connectivity index (χ3v) is 4.37. The molecule has 160 valence electrons. The number of carbonyl (C=O) groups is 2. The van der Waals surface area contributed by atoms with Gasteiger partial charge in [-0.25, -0.2) is 0 Å². The quantitative estimate of drug-likeness (QED) is 0.520. The summed E-state index contributed by atoms with van der Waals surface area (Å²) in [5.41, 5.74) is 6.20. The van der Waals surface area contributed by atoms with Crippen LogP contribution in [0, 0.1) is 0 Å². The van der Waals surface area contributed by atoms with Crippen molar-refractivity contribution in [1.29, 1.82) is 0 Å². The molecule has 3 rings (SSSR count). The minimum Gasteiger partial charge on any atom is -0.497 e. The molecule has 0 heterocycles. The van der Waals surface area contributed by atoms with Crippen molar-refractivity contribution in [3.8, 4) is 17.2 Å². The Morgan fingerprint density at radius 2 is 1.45 bits per heavy atom. The van der Waals surface area contributed by atoms with E-state index in [-0.39, 0.29) is 6.61 Å². The topological polar surface area (TPSA) is 85.9 Å². The first kappa shape index (κ1) is 21.7. The van der Waals surface area contributed by atoms with Crippen LogP contribution in [-0.4, -0.2) is 32.1 Å². The maximum atomic E-state index is 12.5. The van der Waals surface area contributed by atoms with Gasteiger partial charge in [-0.15, -0.1) is 0 Å². The van der Waals surface area contributed by atoms with Crippen molar-refractivity contribution in [2.45, 2.75) is 6.42 Å². The molecular weight excluding hydrogens is 396 g/mol. The van der Waals surface area contributed by atoms with Gasteiger partial charge in [-0.05, 0) is 42.0 Å². The van der Waals surface area contributed by atoms with Crippen LogP contribution < -0.4 is 25.1 Å². The van der Waals surface area contributed by atoms with Crippen LogP contribution in [0.4, 0.5) is 0 Å². The molecule has 0 radical (unpaired) electrons. The van der Waals surface area contributed by atoms with E-state index in [2.05, 4.69) is 10.9 Å². The van der Waals surface area contributed by atoms with E-state index < -0.39 is 11.8 Å². The Morgan fingerprint density at radius 1 is 0.774 bits per heavy atom. The summed E-state index contributed by atoms with van der Waals surface area (Å²) < 4.78 is 16.2. The molecule has 0 aromatic heterocycles. The van der Waals surface area contributed by atoms with E-state index in [9.17, 15) is 9.59 Å². The number of hydrazine groups is 1. The Hall–Kier alpha value is -4.00. The number of benzene rings is 3. The van der Waals surface area contributed by atoms with Gasteiger partial charge in [-0.1, -0.05) is 42.5 Å². The second-order valence-corrected chi connectivity index (χ2v) is 6.55. The smallest absolute Gasteiger partial charge is 0.276 e. The maximum Gasteiger partial charge on any atom is 0.276 e. The van der Waals surface area contributed by atoms with Gasteiger partial charge in [0.05, 0.1) is 19.3 Å². The van der Waals surface area contributed by atoms with Gasteiger partial charge < -0.3 is 14.2 Å². The summed E-state index contributed by atoms with van der Waals surface area (Å²) in [6, 6.07) is 23.6. The molecule has 3 aromatic rings. The van der Waals surface area contributed by atoms with Gasteiger partial charge in [-0.3, -0.25) is 20.4 Å². The van der Waals surface area contributed by atoms with Gasteiger partial charge in [0.1, 0.15) is 17.2 Å². The molecular formula is C24H24N2O5. The summed E-state index contributed by atoms with van der Waals surface area (Å²) in [5, 5.41) is 0. The minimum absolute atomic E-state index is 0.248. The molecule has 0 saturated carbocycles. The van der Waals surface area contributed by atoms with Crippen LogP contribution in [0.1, 0.15) is 15.9 Å². The highest BCUT2D eigenvalue weighted by atomic mass is 16.5. The van der Waals surface area contributed by atoms with Gasteiger partial charge in [0.2, 0.25) is 0 Å². The molecule has 0 saturated heterocycles. The summed E-state index contributed by atoms with van der Waals surface area (Å²) in [6.07, 6.45) is 0.718. The highest BCUT2D eigenvalue weighted by Gasteiger charge is 2.13. The molecule has 0 atom stereocenters. The minimum atomic E-state index is -0.494. The standard InChI is InChI=1S/C24H24N2O5/c1-29-19-11-13-20(14-12-19)31-17-23(27)25-26-24(28)21-9-5-6-10-22(21)30-16-15-18-7-3-2-4-8-18/h2-14H,15-17H2,1H3,(H,25,27)(H,26,28). The molecule has 0 aliphatic rings. The highest BCUT2D eigenvalue weighted by molar-refractivity contribution is 5.97. The number of hydrogen-bond acceptors (Lipinski definition) is 5.